The van der Waals surface area contributed by atoms with Crippen molar-refractivity contribution in [2.45, 2.75) is 0 Å². The summed E-state index contributed by atoms with van der Waals surface area (Å²) in [5, 5.41) is 0. The fraction of sp³-hybridized carbons (Fsp3) is 0. The molecular formula is C22H16N2. The van der Waals surface area contributed by atoms with Gasteiger partial charge in [-0.15, -0.1) is 0 Å². The third-order valence-corrected chi connectivity index (χ3v) is 4.07. The Hall–Kier alpha value is -3.26. The highest BCUT2D eigenvalue weighted by molar-refractivity contribution is 5.74. The van der Waals surface area contributed by atoms with Crippen molar-refractivity contribution in [3.63, 3.8) is 0 Å². The summed E-state index contributed by atoms with van der Waals surface area (Å²) in [6.07, 6.45) is 3.35. The van der Waals surface area contributed by atoms with Gasteiger partial charge in [-0.3, -0.25) is 0 Å². The number of hydrogen-bond donors (Lipinski definition) is 0. The number of aromatic nitrogens is 2. The molecule has 4 rings (SSSR count). The molecule has 0 aliphatic heterocycles. The topological polar surface area (TPSA) is 25.8 Å². The van der Waals surface area contributed by atoms with Crippen LogP contribution >= 0.6 is 0 Å². The normalized spacial score (nSPS) is 10.5. The van der Waals surface area contributed by atoms with E-state index in [0.717, 1.165) is 11.3 Å². The molecule has 0 N–H and O–H groups in total. The van der Waals surface area contributed by atoms with Crippen LogP contribution in [0.3, 0.4) is 0 Å². The molecule has 114 valence electrons. The minimum absolute atomic E-state index is 0.938. The van der Waals surface area contributed by atoms with Crippen LogP contribution in [0.4, 0.5) is 0 Å². The lowest BCUT2D eigenvalue weighted by Gasteiger charge is -2.07. The van der Waals surface area contributed by atoms with Gasteiger partial charge in [0.1, 0.15) is 6.33 Å². The van der Waals surface area contributed by atoms with Gasteiger partial charge in [0.25, 0.3) is 0 Å². The summed E-state index contributed by atoms with van der Waals surface area (Å²) in [5.74, 6) is 0. The summed E-state index contributed by atoms with van der Waals surface area (Å²) in [4.78, 5) is 8.31. The molecule has 2 nitrogen and oxygen atoms in total. The standard InChI is InChI=1S/C22H16N2/c1-2-5-17(6-3-1)18-9-11-19(12-10-18)20-7-4-8-21(15-20)22-13-14-23-16-24-22/h1-16H. The molecule has 0 spiro atoms. The van der Waals surface area contributed by atoms with Gasteiger partial charge >= 0.3 is 0 Å². The lowest BCUT2D eigenvalue weighted by molar-refractivity contribution is 1.17. The third-order valence-electron chi connectivity index (χ3n) is 4.07. The van der Waals surface area contributed by atoms with Crippen molar-refractivity contribution < 1.29 is 0 Å². The minimum atomic E-state index is 0.938. The van der Waals surface area contributed by atoms with Gasteiger partial charge in [0, 0.05) is 11.8 Å². The Morgan fingerprint density at radius 3 is 1.83 bits per heavy atom. The van der Waals surface area contributed by atoms with E-state index in [1.165, 1.54) is 22.3 Å². The van der Waals surface area contributed by atoms with Gasteiger partial charge in [-0.05, 0) is 34.4 Å². The molecule has 3 aromatic carbocycles. The molecule has 0 saturated heterocycles. The zero-order chi connectivity index (χ0) is 16.2. The Bertz CT molecular complexity index is 930. The van der Waals surface area contributed by atoms with Crippen molar-refractivity contribution in [3.8, 4) is 33.5 Å². The molecule has 1 heterocycles. The van der Waals surface area contributed by atoms with E-state index < -0.39 is 0 Å². The lowest BCUT2D eigenvalue weighted by atomic mass is 9.98. The molecule has 24 heavy (non-hydrogen) atoms. The SMILES string of the molecule is c1ccc(-c2ccc(-c3cccc(-c4ccncn4)c3)cc2)cc1. The zero-order valence-electron chi connectivity index (χ0n) is 13.1. The van der Waals surface area contributed by atoms with E-state index in [0.29, 0.717) is 0 Å². The first kappa shape index (κ1) is 14.3. The summed E-state index contributed by atoms with van der Waals surface area (Å²) >= 11 is 0. The fourth-order valence-corrected chi connectivity index (χ4v) is 2.81. The number of rotatable bonds is 3. The second kappa shape index (κ2) is 6.47. The van der Waals surface area contributed by atoms with Crippen LogP contribution in [0.15, 0.2) is 97.5 Å². The van der Waals surface area contributed by atoms with E-state index in [2.05, 4.69) is 82.8 Å². The quantitative estimate of drug-likeness (QED) is 0.501. The molecule has 0 saturated carbocycles. The maximum Gasteiger partial charge on any atom is 0.116 e. The molecule has 0 radical (unpaired) electrons. The van der Waals surface area contributed by atoms with Crippen molar-refractivity contribution in [2.24, 2.45) is 0 Å². The molecular weight excluding hydrogens is 292 g/mol. The first-order chi connectivity index (χ1) is 11.9. The maximum absolute atomic E-state index is 4.33. The molecule has 0 bridgehead atoms. The van der Waals surface area contributed by atoms with Crippen LogP contribution in [0, 0.1) is 0 Å². The maximum atomic E-state index is 4.33. The molecule has 0 unspecified atom stereocenters. The van der Waals surface area contributed by atoms with Crippen molar-refractivity contribution in [1.29, 1.82) is 0 Å². The monoisotopic (exact) mass is 308 g/mol. The molecule has 0 fully saturated rings. The molecule has 4 aromatic rings. The van der Waals surface area contributed by atoms with Crippen LogP contribution in [-0.4, -0.2) is 9.97 Å². The molecule has 2 heteroatoms. The lowest BCUT2D eigenvalue weighted by Crippen LogP contribution is -1.85. The minimum Gasteiger partial charge on any atom is -0.245 e. The summed E-state index contributed by atoms with van der Waals surface area (Å²) in [7, 11) is 0. The number of hydrogen-bond acceptors (Lipinski definition) is 2. The summed E-state index contributed by atoms with van der Waals surface area (Å²) < 4.78 is 0. The Balaban J connectivity index is 1.67. The van der Waals surface area contributed by atoms with Crippen molar-refractivity contribution in [3.05, 3.63) is 97.5 Å². The smallest absolute Gasteiger partial charge is 0.116 e. The van der Waals surface area contributed by atoms with E-state index in [9.17, 15) is 0 Å². The van der Waals surface area contributed by atoms with Gasteiger partial charge < -0.3 is 0 Å². The van der Waals surface area contributed by atoms with Gasteiger partial charge in [0.2, 0.25) is 0 Å². The van der Waals surface area contributed by atoms with E-state index in [1.54, 1.807) is 12.5 Å². The van der Waals surface area contributed by atoms with E-state index in [1.807, 2.05) is 12.1 Å². The highest BCUT2D eigenvalue weighted by atomic mass is 14.8. The van der Waals surface area contributed by atoms with Gasteiger partial charge in [-0.1, -0.05) is 72.8 Å². The largest absolute Gasteiger partial charge is 0.245 e. The van der Waals surface area contributed by atoms with E-state index in [4.69, 9.17) is 0 Å². The van der Waals surface area contributed by atoms with Gasteiger partial charge in [-0.2, -0.15) is 0 Å². The zero-order valence-corrected chi connectivity index (χ0v) is 13.1. The molecule has 0 aliphatic rings. The Labute approximate surface area is 141 Å². The number of nitrogens with zero attached hydrogens (tertiary/aromatic N) is 2. The van der Waals surface area contributed by atoms with Crippen LogP contribution in [0.5, 0.6) is 0 Å². The molecule has 0 amide bonds. The average Bonchev–Trinajstić information content (AvgIpc) is 2.70. The number of benzene rings is 3. The molecule has 0 atom stereocenters. The van der Waals surface area contributed by atoms with Crippen molar-refractivity contribution in [1.82, 2.24) is 9.97 Å². The highest BCUT2D eigenvalue weighted by Crippen LogP contribution is 2.27. The summed E-state index contributed by atoms with van der Waals surface area (Å²) in [6, 6.07) is 29.5. The van der Waals surface area contributed by atoms with Crippen LogP contribution in [0.2, 0.25) is 0 Å². The van der Waals surface area contributed by atoms with Gasteiger partial charge in [-0.25, -0.2) is 9.97 Å². The van der Waals surface area contributed by atoms with Gasteiger partial charge in [0.05, 0.1) is 5.69 Å². The predicted octanol–water partition coefficient (Wildman–Crippen LogP) is 5.48. The molecule has 1 aromatic heterocycles. The van der Waals surface area contributed by atoms with Crippen LogP contribution < -0.4 is 0 Å². The Morgan fingerprint density at radius 1 is 0.500 bits per heavy atom. The fourth-order valence-electron chi connectivity index (χ4n) is 2.81. The second-order valence-electron chi connectivity index (χ2n) is 5.62. The van der Waals surface area contributed by atoms with E-state index >= 15 is 0 Å². The highest BCUT2D eigenvalue weighted by Gasteiger charge is 2.03. The first-order valence-corrected chi connectivity index (χ1v) is 7.92. The predicted molar refractivity (Wildman–Crippen MR) is 98.3 cm³/mol. The Kier molecular flexibility index (Phi) is 3.86. The van der Waals surface area contributed by atoms with Crippen molar-refractivity contribution >= 4 is 0 Å². The second-order valence-corrected chi connectivity index (χ2v) is 5.62. The van der Waals surface area contributed by atoms with Crippen molar-refractivity contribution in [2.75, 3.05) is 0 Å². The van der Waals surface area contributed by atoms with Crippen LogP contribution in [-0.2, 0) is 0 Å². The average molecular weight is 308 g/mol. The third kappa shape index (κ3) is 2.95. The summed E-state index contributed by atoms with van der Waals surface area (Å²) in [6.45, 7) is 0. The Morgan fingerprint density at radius 2 is 1.12 bits per heavy atom. The van der Waals surface area contributed by atoms with Gasteiger partial charge in [0.15, 0.2) is 0 Å². The summed E-state index contributed by atoms with van der Waals surface area (Å²) in [5.41, 5.74) is 6.89. The van der Waals surface area contributed by atoms with Crippen LogP contribution in [0.1, 0.15) is 0 Å². The first-order valence-electron chi connectivity index (χ1n) is 7.92. The van der Waals surface area contributed by atoms with Crippen LogP contribution in [0.25, 0.3) is 33.5 Å². The molecule has 0 aliphatic carbocycles. The van der Waals surface area contributed by atoms with E-state index in [-0.39, 0.29) is 0 Å².